The standard InChI is InChI=1S/C18H19ClN2O2/c19-15-6-4-5-14(13-15)18(22)20-16-7-9-17(10-8-16)21-11-2-1-3-12-23-21/h4-10,13H,1-3,11-12H2,(H,20,22). The van der Waals surface area contributed by atoms with Gasteiger partial charge in [-0.2, -0.15) is 0 Å². The molecule has 0 saturated carbocycles. The van der Waals surface area contributed by atoms with Gasteiger partial charge in [-0.25, -0.2) is 0 Å². The summed E-state index contributed by atoms with van der Waals surface area (Å²) in [5.41, 5.74) is 2.29. The molecule has 1 aliphatic heterocycles. The van der Waals surface area contributed by atoms with Crippen LogP contribution in [0.4, 0.5) is 11.4 Å². The number of nitrogens with one attached hydrogen (secondary N) is 1. The van der Waals surface area contributed by atoms with E-state index in [1.165, 1.54) is 6.42 Å². The Bertz CT molecular complexity index is 665. The van der Waals surface area contributed by atoms with Gasteiger partial charge in [-0.05, 0) is 61.7 Å². The quantitative estimate of drug-likeness (QED) is 0.900. The van der Waals surface area contributed by atoms with E-state index in [2.05, 4.69) is 5.32 Å². The lowest BCUT2D eigenvalue weighted by Crippen LogP contribution is -2.23. The van der Waals surface area contributed by atoms with Crippen LogP contribution < -0.4 is 10.4 Å². The highest BCUT2D eigenvalue weighted by atomic mass is 35.5. The molecule has 0 spiro atoms. The van der Waals surface area contributed by atoms with Gasteiger partial charge in [0.05, 0.1) is 12.3 Å². The molecule has 4 nitrogen and oxygen atoms in total. The molecule has 0 aliphatic carbocycles. The summed E-state index contributed by atoms with van der Waals surface area (Å²) in [5.74, 6) is -0.175. The van der Waals surface area contributed by atoms with Crippen LogP contribution in [-0.4, -0.2) is 19.1 Å². The van der Waals surface area contributed by atoms with Gasteiger partial charge in [0.2, 0.25) is 0 Å². The van der Waals surface area contributed by atoms with E-state index in [1.807, 2.05) is 29.3 Å². The minimum Gasteiger partial charge on any atom is -0.322 e. The first-order chi connectivity index (χ1) is 11.2. The minimum atomic E-state index is -0.175. The molecule has 120 valence electrons. The molecule has 0 aromatic heterocycles. The number of nitrogens with zero attached hydrogens (tertiary/aromatic N) is 1. The molecule has 1 heterocycles. The summed E-state index contributed by atoms with van der Waals surface area (Å²) in [4.78, 5) is 17.9. The Morgan fingerprint density at radius 1 is 1.09 bits per heavy atom. The zero-order chi connectivity index (χ0) is 16.1. The number of carbonyl (C=O) groups is 1. The highest BCUT2D eigenvalue weighted by molar-refractivity contribution is 6.31. The van der Waals surface area contributed by atoms with Crippen molar-refractivity contribution in [3.63, 3.8) is 0 Å². The molecule has 3 rings (SSSR count). The number of benzene rings is 2. The third kappa shape index (κ3) is 4.24. The number of hydrogen-bond donors (Lipinski definition) is 1. The van der Waals surface area contributed by atoms with Crippen LogP contribution in [0.3, 0.4) is 0 Å². The monoisotopic (exact) mass is 330 g/mol. The second-order valence-corrected chi connectivity index (χ2v) is 5.94. The maximum absolute atomic E-state index is 12.2. The van der Waals surface area contributed by atoms with Crippen molar-refractivity contribution in [2.75, 3.05) is 23.5 Å². The van der Waals surface area contributed by atoms with Crippen LogP contribution >= 0.6 is 11.6 Å². The molecular weight excluding hydrogens is 312 g/mol. The second kappa shape index (κ2) is 7.49. The Morgan fingerprint density at radius 2 is 1.91 bits per heavy atom. The number of carbonyl (C=O) groups excluding carboxylic acids is 1. The first kappa shape index (κ1) is 15.8. The van der Waals surface area contributed by atoms with Crippen LogP contribution in [0.2, 0.25) is 5.02 Å². The summed E-state index contributed by atoms with van der Waals surface area (Å²) in [6.07, 6.45) is 3.43. The molecule has 0 radical (unpaired) electrons. The van der Waals surface area contributed by atoms with Crippen molar-refractivity contribution in [3.8, 4) is 0 Å². The zero-order valence-electron chi connectivity index (χ0n) is 12.8. The second-order valence-electron chi connectivity index (χ2n) is 5.51. The van der Waals surface area contributed by atoms with Gasteiger partial charge in [0.1, 0.15) is 0 Å². The van der Waals surface area contributed by atoms with Gasteiger partial charge < -0.3 is 5.32 Å². The third-order valence-corrected chi connectivity index (χ3v) is 3.99. The molecule has 2 aromatic rings. The third-order valence-electron chi connectivity index (χ3n) is 3.75. The summed E-state index contributed by atoms with van der Waals surface area (Å²) in [7, 11) is 0. The summed E-state index contributed by atoms with van der Waals surface area (Å²) in [6, 6.07) is 14.6. The lowest BCUT2D eigenvalue weighted by molar-refractivity contribution is 0.102. The molecule has 1 amide bonds. The van der Waals surface area contributed by atoms with Crippen LogP contribution in [0.15, 0.2) is 48.5 Å². The average molecular weight is 331 g/mol. The number of amides is 1. The Morgan fingerprint density at radius 3 is 2.70 bits per heavy atom. The van der Waals surface area contributed by atoms with Gasteiger partial charge in [0, 0.05) is 22.8 Å². The molecule has 1 saturated heterocycles. The number of anilines is 2. The van der Waals surface area contributed by atoms with E-state index in [1.54, 1.807) is 24.3 Å². The first-order valence-electron chi connectivity index (χ1n) is 7.80. The van der Waals surface area contributed by atoms with Crippen molar-refractivity contribution in [1.29, 1.82) is 0 Å². The Hall–Kier alpha value is -2.04. The molecule has 0 unspecified atom stereocenters. The van der Waals surface area contributed by atoms with Crippen LogP contribution in [-0.2, 0) is 4.84 Å². The van der Waals surface area contributed by atoms with Crippen LogP contribution in [0.5, 0.6) is 0 Å². The van der Waals surface area contributed by atoms with Crippen LogP contribution in [0.25, 0.3) is 0 Å². The van der Waals surface area contributed by atoms with Gasteiger partial charge >= 0.3 is 0 Å². The lowest BCUT2D eigenvalue weighted by atomic mass is 10.2. The number of hydrogen-bond acceptors (Lipinski definition) is 3. The topological polar surface area (TPSA) is 41.6 Å². The van der Waals surface area contributed by atoms with Crippen LogP contribution in [0, 0.1) is 0 Å². The number of hydroxylamine groups is 1. The molecular formula is C18H19ClN2O2. The van der Waals surface area contributed by atoms with Crippen molar-refractivity contribution in [3.05, 3.63) is 59.1 Å². The predicted molar refractivity (Wildman–Crippen MR) is 93.0 cm³/mol. The highest BCUT2D eigenvalue weighted by Crippen LogP contribution is 2.21. The molecule has 1 N–H and O–H groups in total. The average Bonchev–Trinajstić information content (AvgIpc) is 2.85. The SMILES string of the molecule is O=C(Nc1ccc(N2CCCCCO2)cc1)c1cccc(Cl)c1. The fourth-order valence-corrected chi connectivity index (χ4v) is 2.71. The fraction of sp³-hybridized carbons (Fsp3) is 0.278. The van der Waals surface area contributed by atoms with Gasteiger partial charge in [0.25, 0.3) is 5.91 Å². The van der Waals surface area contributed by atoms with E-state index < -0.39 is 0 Å². The van der Waals surface area contributed by atoms with Crippen LogP contribution in [0.1, 0.15) is 29.6 Å². The van der Waals surface area contributed by atoms with E-state index in [4.69, 9.17) is 16.4 Å². The Labute approximate surface area is 141 Å². The van der Waals surface area contributed by atoms with E-state index in [-0.39, 0.29) is 5.91 Å². The van der Waals surface area contributed by atoms with Gasteiger partial charge in [-0.3, -0.25) is 14.7 Å². The molecule has 1 fully saturated rings. The molecule has 23 heavy (non-hydrogen) atoms. The largest absolute Gasteiger partial charge is 0.322 e. The van der Waals surface area contributed by atoms with Gasteiger partial charge in [0.15, 0.2) is 0 Å². The normalized spacial score (nSPS) is 15.1. The molecule has 0 atom stereocenters. The molecule has 0 bridgehead atoms. The van der Waals surface area contributed by atoms with Crippen molar-refractivity contribution in [2.24, 2.45) is 0 Å². The van der Waals surface area contributed by atoms with E-state index in [0.29, 0.717) is 10.6 Å². The summed E-state index contributed by atoms with van der Waals surface area (Å²) < 4.78 is 0. The first-order valence-corrected chi connectivity index (χ1v) is 8.17. The predicted octanol–water partition coefficient (Wildman–Crippen LogP) is 4.51. The van der Waals surface area contributed by atoms with Crippen molar-refractivity contribution in [1.82, 2.24) is 0 Å². The van der Waals surface area contributed by atoms with E-state index in [9.17, 15) is 4.79 Å². The number of halogens is 1. The van der Waals surface area contributed by atoms with Crippen molar-refractivity contribution >= 4 is 28.9 Å². The molecule has 2 aromatic carbocycles. The molecule has 1 aliphatic rings. The fourth-order valence-electron chi connectivity index (χ4n) is 2.52. The summed E-state index contributed by atoms with van der Waals surface area (Å²) >= 11 is 5.91. The summed E-state index contributed by atoms with van der Waals surface area (Å²) in [6.45, 7) is 1.65. The smallest absolute Gasteiger partial charge is 0.255 e. The maximum Gasteiger partial charge on any atom is 0.255 e. The van der Waals surface area contributed by atoms with Crippen molar-refractivity contribution < 1.29 is 9.63 Å². The molecule has 5 heteroatoms. The van der Waals surface area contributed by atoms with E-state index in [0.717, 1.165) is 37.4 Å². The minimum absolute atomic E-state index is 0.175. The summed E-state index contributed by atoms with van der Waals surface area (Å²) in [5, 5.41) is 5.34. The Balaban J connectivity index is 1.66. The van der Waals surface area contributed by atoms with Crippen molar-refractivity contribution in [2.45, 2.75) is 19.3 Å². The zero-order valence-corrected chi connectivity index (χ0v) is 13.6. The van der Waals surface area contributed by atoms with Gasteiger partial charge in [-0.1, -0.05) is 17.7 Å². The number of rotatable bonds is 3. The lowest BCUT2D eigenvalue weighted by Gasteiger charge is -2.21. The van der Waals surface area contributed by atoms with E-state index >= 15 is 0 Å². The van der Waals surface area contributed by atoms with Gasteiger partial charge in [-0.15, -0.1) is 0 Å². The maximum atomic E-state index is 12.2. The highest BCUT2D eigenvalue weighted by Gasteiger charge is 2.11. The Kier molecular flexibility index (Phi) is 5.16.